The van der Waals surface area contributed by atoms with E-state index < -0.39 is 50.9 Å². The average molecular weight is 502 g/mol. The van der Waals surface area contributed by atoms with Crippen LogP contribution in [-0.4, -0.2) is 29.6 Å². The van der Waals surface area contributed by atoms with E-state index >= 15 is 4.39 Å². The lowest BCUT2D eigenvalue weighted by molar-refractivity contribution is 0.109. The second kappa shape index (κ2) is 8.60. The summed E-state index contributed by atoms with van der Waals surface area (Å²) in [5, 5.41) is -0.649. The van der Waals surface area contributed by atoms with Crippen LogP contribution in [0.1, 0.15) is 45.2 Å². The zero-order chi connectivity index (χ0) is 25.0. The highest BCUT2D eigenvalue weighted by atomic mass is 32.2. The van der Waals surface area contributed by atoms with Crippen LogP contribution in [0.25, 0.3) is 22.2 Å². The molecule has 0 spiro atoms. The first kappa shape index (κ1) is 24.6. The Morgan fingerprint density at radius 1 is 1.12 bits per heavy atom. The van der Waals surface area contributed by atoms with E-state index in [0.29, 0.717) is 31.0 Å². The zero-order valence-electron chi connectivity index (χ0n) is 18.7. The largest absolute Gasteiger partial charge is 0.347 e. The highest BCUT2D eigenvalue weighted by molar-refractivity contribution is 7.90. The zero-order valence-corrected chi connectivity index (χ0v) is 19.6. The predicted molar refractivity (Wildman–Crippen MR) is 118 cm³/mol. The molecular formula is C23H24F5N3O2S. The Labute approximate surface area is 194 Å². The molecule has 1 aromatic carbocycles. The summed E-state index contributed by atoms with van der Waals surface area (Å²) in [6, 6.07) is 0.914. The Morgan fingerprint density at radius 3 is 2.35 bits per heavy atom. The molecule has 1 aliphatic carbocycles. The topological polar surface area (TPSA) is 64.0 Å². The minimum Gasteiger partial charge on any atom is -0.347 e. The molecule has 34 heavy (non-hydrogen) atoms. The summed E-state index contributed by atoms with van der Waals surface area (Å²) in [6.45, 7) is 6.04. The molecule has 0 saturated heterocycles. The fourth-order valence-corrected chi connectivity index (χ4v) is 5.46. The first-order valence-corrected chi connectivity index (χ1v) is 12.2. The molecule has 1 N–H and O–H groups in total. The molecule has 0 radical (unpaired) electrons. The molecule has 1 atom stereocenters. The van der Waals surface area contributed by atoms with E-state index in [1.165, 1.54) is 12.3 Å². The fourth-order valence-electron chi connectivity index (χ4n) is 3.92. The number of nitrogens with one attached hydrogen (secondary N) is 1. The molecule has 1 fully saturated rings. The number of fused-ring (bicyclic) bond motifs is 1. The van der Waals surface area contributed by atoms with Crippen LogP contribution in [0.5, 0.6) is 0 Å². The predicted octanol–water partition coefficient (Wildman–Crippen LogP) is 5.55. The van der Waals surface area contributed by atoms with E-state index in [-0.39, 0.29) is 21.9 Å². The van der Waals surface area contributed by atoms with Crippen LogP contribution in [0.15, 0.2) is 30.6 Å². The smallest absolute Gasteiger partial charge is 0.258 e. The molecular weight excluding hydrogens is 477 g/mol. The Kier molecular flexibility index (Phi) is 6.22. The summed E-state index contributed by atoms with van der Waals surface area (Å²) in [7, 11) is -3.97. The Hall–Kier alpha value is -2.53. The maximum atomic E-state index is 15.1. The van der Waals surface area contributed by atoms with Crippen LogP contribution in [-0.2, 0) is 16.6 Å². The van der Waals surface area contributed by atoms with Crippen LogP contribution in [0, 0.1) is 22.9 Å². The van der Waals surface area contributed by atoms with Crippen molar-refractivity contribution in [3.63, 3.8) is 0 Å². The number of hydrogen-bond acceptors (Lipinski definition) is 3. The van der Waals surface area contributed by atoms with Crippen LogP contribution < -0.4 is 4.72 Å². The Morgan fingerprint density at radius 2 is 1.79 bits per heavy atom. The van der Waals surface area contributed by atoms with Gasteiger partial charge in [0.1, 0.15) is 23.4 Å². The lowest BCUT2D eigenvalue weighted by Gasteiger charge is -2.20. The van der Waals surface area contributed by atoms with Gasteiger partial charge in [-0.25, -0.2) is 35.1 Å². The van der Waals surface area contributed by atoms with Gasteiger partial charge >= 0.3 is 0 Å². The number of alkyl halides is 2. The van der Waals surface area contributed by atoms with Crippen molar-refractivity contribution in [1.82, 2.24) is 14.3 Å². The van der Waals surface area contributed by atoms with Crippen molar-refractivity contribution < 1.29 is 30.4 Å². The molecule has 2 heterocycles. The summed E-state index contributed by atoms with van der Waals surface area (Å²) in [6.07, 6.45) is -0.182. The van der Waals surface area contributed by atoms with Crippen LogP contribution in [0.2, 0.25) is 0 Å². The quantitative estimate of drug-likeness (QED) is 0.432. The number of hydrogen-bond donors (Lipinski definition) is 1. The molecule has 0 aliphatic heterocycles. The van der Waals surface area contributed by atoms with E-state index in [2.05, 4.69) is 9.71 Å². The number of pyridine rings is 1. The van der Waals surface area contributed by atoms with E-state index in [1.54, 1.807) is 4.57 Å². The van der Waals surface area contributed by atoms with Gasteiger partial charge in [0.15, 0.2) is 5.82 Å². The lowest BCUT2D eigenvalue weighted by Crippen LogP contribution is -2.35. The van der Waals surface area contributed by atoms with E-state index in [9.17, 15) is 26.0 Å². The SMILES string of the molecule is CC(C)(C)Cn1cc([C@H](NS(=O)(=O)C2CC2)C(F)F)c2cc(F)c(-c3ncc(F)cc3F)cc21. The number of benzene rings is 1. The van der Waals surface area contributed by atoms with Gasteiger partial charge in [-0.3, -0.25) is 4.98 Å². The maximum absolute atomic E-state index is 15.1. The number of aromatic nitrogens is 2. The minimum atomic E-state index is -3.97. The summed E-state index contributed by atoms with van der Waals surface area (Å²) in [5.41, 5.74) is -0.812. The second-order valence-electron chi connectivity index (χ2n) is 9.78. The van der Waals surface area contributed by atoms with Crippen LogP contribution >= 0.6 is 0 Å². The first-order chi connectivity index (χ1) is 15.8. The van der Waals surface area contributed by atoms with Gasteiger partial charge in [-0.1, -0.05) is 20.8 Å². The molecule has 1 aliphatic rings. The molecule has 5 nitrogen and oxygen atoms in total. The second-order valence-corrected chi connectivity index (χ2v) is 11.8. The van der Waals surface area contributed by atoms with Gasteiger partial charge in [0, 0.05) is 40.8 Å². The highest BCUT2D eigenvalue weighted by Crippen LogP contribution is 2.38. The first-order valence-electron chi connectivity index (χ1n) is 10.7. The van der Waals surface area contributed by atoms with Crippen molar-refractivity contribution in [2.24, 2.45) is 5.41 Å². The van der Waals surface area contributed by atoms with Crippen molar-refractivity contribution in [2.75, 3.05) is 0 Å². The minimum absolute atomic E-state index is 0.0665. The summed E-state index contributed by atoms with van der Waals surface area (Å²) < 4.78 is 99.5. The summed E-state index contributed by atoms with van der Waals surface area (Å²) >= 11 is 0. The number of rotatable bonds is 7. The van der Waals surface area contributed by atoms with E-state index in [4.69, 9.17) is 0 Å². The van der Waals surface area contributed by atoms with Gasteiger partial charge in [0.25, 0.3) is 6.43 Å². The van der Waals surface area contributed by atoms with Crippen LogP contribution in [0.3, 0.4) is 0 Å². The molecule has 0 unspecified atom stereocenters. The van der Waals surface area contributed by atoms with Crippen LogP contribution in [0.4, 0.5) is 22.0 Å². The van der Waals surface area contributed by atoms with Crippen molar-refractivity contribution in [3.05, 3.63) is 53.6 Å². The monoisotopic (exact) mass is 501 g/mol. The van der Waals surface area contributed by atoms with Crippen molar-refractivity contribution in [1.29, 1.82) is 0 Å². The van der Waals surface area contributed by atoms with Crippen molar-refractivity contribution in [2.45, 2.75) is 57.9 Å². The summed E-state index contributed by atoms with van der Waals surface area (Å²) in [4.78, 5) is 3.65. The molecule has 2 aromatic heterocycles. The molecule has 11 heteroatoms. The Balaban J connectivity index is 1.91. The van der Waals surface area contributed by atoms with Gasteiger partial charge in [0.2, 0.25) is 10.0 Å². The number of sulfonamides is 1. The molecule has 0 bridgehead atoms. The van der Waals surface area contributed by atoms with Gasteiger partial charge in [0.05, 0.1) is 11.4 Å². The van der Waals surface area contributed by atoms with Gasteiger partial charge in [-0.15, -0.1) is 0 Å². The standard InChI is InChI=1S/C23H24F5N3O2S/c1-23(2,3)11-31-10-16(21(22(27)28)30-34(32,33)13-4-5-13)14-7-17(25)15(8-19(14)31)20-18(26)6-12(24)9-29-20/h6-10,13,21-22,30H,4-5,11H2,1-3H3/t21-/m0/s1. The normalized spacial score (nSPS) is 15.9. The van der Waals surface area contributed by atoms with Gasteiger partial charge in [-0.05, 0) is 30.4 Å². The highest BCUT2D eigenvalue weighted by Gasteiger charge is 2.40. The molecule has 0 amide bonds. The van der Waals surface area contributed by atoms with Crippen molar-refractivity contribution >= 4 is 20.9 Å². The molecule has 184 valence electrons. The van der Waals surface area contributed by atoms with E-state index in [0.717, 1.165) is 12.3 Å². The summed E-state index contributed by atoms with van der Waals surface area (Å²) in [5.74, 6) is -2.96. The van der Waals surface area contributed by atoms with Crippen molar-refractivity contribution in [3.8, 4) is 11.3 Å². The maximum Gasteiger partial charge on any atom is 0.258 e. The number of nitrogens with zero attached hydrogens (tertiary/aromatic N) is 2. The van der Waals surface area contributed by atoms with E-state index in [1.807, 2.05) is 20.8 Å². The molecule has 1 saturated carbocycles. The fraction of sp³-hybridized carbons (Fsp3) is 0.435. The Bertz CT molecular complexity index is 1340. The van der Waals surface area contributed by atoms with Gasteiger partial charge in [-0.2, -0.15) is 0 Å². The number of halogens is 5. The molecule has 3 aromatic rings. The molecule has 4 rings (SSSR count). The van der Waals surface area contributed by atoms with Gasteiger partial charge < -0.3 is 4.57 Å². The third-order valence-corrected chi connectivity index (χ3v) is 7.48. The third kappa shape index (κ3) is 4.95. The lowest BCUT2D eigenvalue weighted by atomic mass is 9.97. The third-order valence-electron chi connectivity index (χ3n) is 5.55. The average Bonchev–Trinajstić information content (AvgIpc) is 3.51.